The number of hydrogen-bond donors (Lipinski definition) is 1. The van der Waals surface area contributed by atoms with Gasteiger partial charge < -0.3 is 24.8 Å². The van der Waals surface area contributed by atoms with Crippen LogP contribution in [0.25, 0.3) is 0 Å². The van der Waals surface area contributed by atoms with E-state index in [1.807, 2.05) is 51.6 Å². The fourth-order valence-corrected chi connectivity index (χ4v) is 5.73. The SMILES string of the molecule is COc1cccc(CN(C(=O)c2cccs2)C2CC(C(=O)N3CCNCC3)N(C(=O)C3CC3)C2)c1. The molecule has 2 atom stereocenters. The number of hydrogen-bond acceptors (Lipinski definition) is 6. The number of carbonyl (C=O) groups is 3. The van der Waals surface area contributed by atoms with Gasteiger partial charge in [-0.15, -0.1) is 11.3 Å². The Balaban J connectivity index is 1.43. The van der Waals surface area contributed by atoms with Crippen LogP contribution in [-0.4, -0.2) is 84.3 Å². The summed E-state index contributed by atoms with van der Waals surface area (Å²) in [7, 11) is 1.62. The molecule has 1 N–H and O–H groups in total. The predicted octanol–water partition coefficient (Wildman–Crippen LogP) is 2.21. The van der Waals surface area contributed by atoms with Crippen LogP contribution in [0.3, 0.4) is 0 Å². The summed E-state index contributed by atoms with van der Waals surface area (Å²) >= 11 is 1.41. The molecule has 0 bridgehead atoms. The molecule has 1 aromatic carbocycles. The van der Waals surface area contributed by atoms with Crippen LogP contribution >= 0.6 is 11.3 Å². The lowest BCUT2D eigenvalue weighted by molar-refractivity contribution is -0.144. The first-order valence-corrected chi connectivity index (χ1v) is 13.2. The van der Waals surface area contributed by atoms with Crippen molar-refractivity contribution in [2.24, 2.45) is 5.92 Å². The zero-order valence-electron chi connectivity index (χ0n) is 20.0. The van der Waals surface area contributed by atoms with Gasteiger partial charge in [-0.3, -0.25) is 14.4 Å². The normalized spacial score (nSPS) is 22.2. The molecular weight excluding hydrogens is 464 g/mol. The lowest BCUT2D eigenvalue weighted by Gasteiger charge is -2.32. The highest BCUT2D eigenvalue weighted by Gasteiger charge is 2.47. The molecule has 1 saturated carbocycles. The Labute approximate surface area is 209 Å². The lowest BCUT2D eigenvalue weighted by atomic mass is 10.1. The van der Waals surface area contributed by atoms with E-state index < -0.39 is 6.04 Å². The minimum absolute atomic E-state index is 0.00732. The fourth-order valence-electron chi connectivity index (χ4n) is 5.05. The van der Waals surface area contributed by atoms with Crippen LogP contribution in [-0.2, 0) is 16.1 Å². The Morgan fingerprint density at radius 2 is 1.91 bits per heavy atom. The number of methoxy groups -OCH3 is 1. The Bertz CT molecular complexity index is 1070. The Hall–Kier alpha value is -2.91. The molecule has 9 heteroatoms. The van der Waals surface area contributed by atoms with E-state index >= 15 is 0 Å². The molecule has 1 aliphatic carbocycles. The van der Waals surface area contributed by atoms with Crippen molar-refractivity contribution in [1.82, 2.24) is 20.0 Å². The summed E-state index contributed by atoms with van der Waals surface area (Å²) in [5.41, 5.74) is 0.950. The van der Waals surface area contributed by atoms with Crippen molar-refractivity contribution in [3.05, 3.63) is 52.2 Å². The van der Waals surface area contributed by atoms with Crippen molar-refractivity contribution in [1.29, 1.82) is 0 Å². The smallest absolute Gasteiger partial charge is 0.264 e. The Kier molecular flexibility index (Phi) is 7.06. The molecule has 3 fully saturated rings. The maximum Gasteiger partial charge on any atom is 0.264 e. The second-order valence-corrected chi connectivity index (χ2v) is 10.5. The van der Waals surface area contributed by atoms with Gasteiger partial charge in [-0.25, -0.2) is 0 Å². The van der Waals surface area contributed by atoms with Crippen LogP contribution in [0.1, 0.15) is 34.5 Å². The van der Waals surface area contributed by atoms with Crippen LogP contribution < -0.4 is 10.1 Å². The average Bonchev–Trinajstić information content (AvgIpc) is 3.42. The third-order valence-electron chi connectivity index (χ3n) is 7.12. The molecule has 2 aliphatic heterocycles. The zero-order chi connectivity index (χ0) is 24.4. The number of piperazine rings is 1. The minimum atomic E-state index is -0.518. The van der Waals surface area contributed by atoms with E-state index in [4.69, 9.17) is 4.74 Å². The Morgan fingerprint density at radius 1 is 1.11 bits per heavy atom. The molecule has 186 valence electrons. The molecule has 5 rings (SSSR count). The molecule has 2 unspecified atom stereocenters. The third-order valence-corrected chi connectivity index (χ3v) is 7.98. The van der Waals surface area contributed by atoms with Crippen molar-refractivity contribution < 1.29 is 19.1 Å². The van der Waals surface area contributed by atoms with Gasteiger partial charge >= 0.3 is 0 Å². The second-order valence-electron chi connectivity index (χ2n) is 9.51. The molecule has 0 spiro atoms. The highest BCUT2D eigenvalue weighted by atomic mass is 32.1. The summed E-state index contributed by atoms with van der Waals surface area (Å²) in [5, 5.41) is 5.17. The number of carbonyl (C=O) groups excluding carboxylic acids is 3. The van der Waals surface area contributed by atoms with Crippen LogP contribution in [0.15, 0.2) is 41.8 Å². The van der Waals surface area contributed by atoms with Crippen molar-refractivity contribution in [2.75, 3.05) is 39.8 Å². The maximum atomic E-state index is 13.7. The molecule has 3 heterocycles. The van der Waals surface area contributed by atoms with Gasteiger partial charge in [0.2, 0.25) is 11.8 Å². The van der Waals surface area contributed by atoms with Gasteiger partial charge in [-0.2, -0.15) is 0 Å². The number of nitrogens with one attached hydrogen (secondary N) is 1. The van der Waals surface area contributed by atoms with E-state index in [-0.39, 0.29) is 29.7 Å². The Morgan fingerprint density at radius 3 is 2.60 bits per heavy atom. The van der Waals surface area contributed by atoms with Crippen molar-refractivity contribution >= 4 is 29.1 Å². The van der Waals surface area contributed by atoms with E-state index in [0.717, 1.165) is 37.2 Å². The number of likely N-dealkylation sites (tertiary alicyclic amines) is 1. The molecule has 35 heavy (non-hydrogen) atoms. The molecule has 2 aromatic rings. The van der Waals surface area contributed by atoms with Gasteiger partial charge in [-0.1, -0.05) is 18.2 Å². The topological polar surface area (TPSA) is 82.2 Å². The molecule has 8 nitrogen and oxygen atoms in total. The summed E-state index contributed by atoms with van der Waals surface area (Å²) < 4.78 is 5.38. The summed E-state index contributed by atoms with van der Waals surface area (Å²) in [5.74, 6) is 0.752. The highest BCUT2D eigenvalue weighted by molar-refractivity contribution is 7.12. The third kappa shape index (κ3) is 5.21. The molecule has 3 aliphatic rings. The van der Waals surface area contributed by atoms with Crippen molar-refractivity contribution in [3.8, 4) is 5.75 Å². The van der Waals surface area contributed by atoms with Crippen LogP contribution in [0.4, 0.5) is 0 Å². The van der Waals surface area contributed by atoms with Gasteiger partial charge in [-0.05, 0) is 48.4 Å². The molecular formula is C26H32N4O4S. The fraction of sp³-hybridized carbons (Fsp3) is 0.500. The largest absolute Gasteiger partial charge is 0.497 e. The van der Waals surface area contributed by atoms with Crippen molar-refractivity contribution in [3.63, 3.8) is 0 Å². The van der Waals surface area contributed by atoms with Gasteiger partial charge in [0.15, 0.2) is 0 Å². The van der Waals surface area contributed by atoms with E-state index in [0.29, 0.717) is 37.5 Å². The van der Waals surface area contributed by atoms with Gasteiger partial charge in [0.25, 0.3) is 5.91 Å². The molecule has 2 saturated heterocycles. The van der Waals surface area contributed by atoms with Gasteiger partial charge in [0, 0.05) is 45.2 Å². The van der Waals surface area contributed by atoms with Gasteiger partial charge in [0.1, 0.15) is 11.8 Å². The van der Waals surface area contributed by atoms with Gasteiger partial charge in [0.05, 0.1) is 18.0 Å². The van der Waals surface area contributed by atoms with Crippen molar-refractivity contribution in [2.45, 2.75) is 37.9 Å². The number of amides is 3. The predicted molar refractivity (Wildman–Crippen MR) is 133 cm³/mol. The first-order chi connectivity index (χ1) is 17.0. The van der Waals surface area contributed by atoms with E-state index in [9.17, 15) is 14.4 Å². The number of rotatable bonds is 7. The van der Waals surface area contributed by atoms with Crippen LogP contribution in [0, 0.1) is 5.92 Å². The monoisotopic (exact) mass is 496 g/mol. The first kappa shape index (κ1) is 23.8. The summed E-state index contributed by atoms with van der Waals surface area (Å²) in [6.45, 7) is 3.59. The number of thiophene rings is 1. The maximum absolute atomic E-state index is 13.7. The summed E-state index contributed by atoms with van der Waals surface area (Å²) in [6, 6.07) is 10.6. The van der Waals surface area contributed by atoms with E-state index in [1.54, 1.807) is 12.0 Å². The number of benzene rings is 1. The molecule has 0 radical (unpaired) electrons. The lowest BCUT2D eigenvalue weighted by Crippen LogP contribution is -2.53. The first-order valence-electron chi connectivity index (χ1n) is 12.3. The quantitative estimate of drug-likeness (QED) is 0.636. The number of nitrogens with zero attached hydrogens (tertiary/aromatic N) is 3. The molecule has 1 aromatic heterocycles. The number of ether oxygens (including phenoxy) is 1. The standard InChI is InChI=1S/C26H32N4O4S/c1-34-21-5-2-4-18(14-21)16-29(26(33)23-6-3-13-35-23)20-15-22(25(32)28-11-9-27-10-12-28)30(17-20)24(31)19-7-8-19/h2-6,13-14,19-20,22,27H,7-12,15-17H2,1H3. The summed E-state index contributed by atoms with van der Waals surface area (Å²) in [4.78, 5) is 46.6. The summed E-state index contributed by atoms with van der Waals surface area (Å²) in [6.07, 6.45) is 2.23. The molecule has 3 amide bonds. The second kappa shape index (κ2) is 10.4. The highest BCUT2D eigenvalue weighted by Crippen LogP contribution is 2.36. The average molecular weight is 497 g/mol. The van der Waals surface area contributed by atoms with E-state index in [2.05, 4.69) is 5.32 Å². The van der Waals surface area contributed by atoms with Crippen LogP contribution in [0.2, 0.25) is 0 Å². The zero-order valence-corrected chi connectivity index (χ0v) is 20.8. The van der Waals surface area contributed by atoms with E-state index in [1.165, 1.54) is 11.3 Å². The van der Waals surface area contributed by atoms with Crippen LogP contribution in [0.5, 0.6) is 5.75 Å². The minimum Gasteiger partial charge on any atom is -0.497 e.